The lowest BCUT2D eigenvalue weighted by Crippen LogP contribution is -2.35. The van der Waals surface area contributed by atoms with Crippen LogP contribution in [0, 0.1) is 0 Å². The minimum atomic E-state index is -0.313. The topological polar surface area (TPSA) is 65.1 Å². The molecule has 0 atom stereocenters. The van der Waals surface area contributed by atoms with Crippen molar-refractivity contribution in [2.45, 2.75) is 19.9 Å². The van der Waals surface area contributed by atoms with Crippen molar-refractivity contribution in [1.29, 1.82) is 0 Å². The van der Waals surface area contributed by atoms with Gasteiger partial charge in [0.05, 0.1) is 20.1 Å². The summed E-state index contributed by atoms with van der Waals surface area (Å²) in [7, 11) is 3.07. The maximum absolute atomic E-state index is 12.1. The second-order valence-corrected chi connectivity index (χ2v) is 4.65. The van der Waals surface area contributed by atoms with E-state index in [0.717, 1.165) is 11.3 Å². The zero-order valence-electron chi connectivity index (χ0n) is 13.3. The molecule has 0 saturated heterocycles. The first-order valence-corrected chi connectivity index (χ1v) is 7.16. The largest absolute Gasteiger partial charge is 0.497 e. The molecule has 0 unspecified atom stereocenters. The van der Waals surface area contributed by atoms with Gasteiger partial charge in [-0.15, -0.1) is 0 Å². The Balaban J connectivity index is 2.67. The van der Waals surface area contributed by atoms with Gasteiger partial charge in [-0.05, 0) is 24.6 Å². The Hall–Kier alpha value is -2.08. The molecule has 1 amide bonds. The zero-order valence-corrected chi connectivity index (χ0v) is 13.3. The van der Waals surface area contributed by atoms with Crippen LogP contribution in [-0.4, -0.2) is 50.8 Å². The van der Waals surface area contributed by atoms with Crippen LogP contribution in [0.3, 0.4) is 0 Å². The number of methoxy groups -OCH3 is 2. The second-order valence-electron chi connectivity index (χ2n) is 4.65. The minimum Gasteiger partial charge on any atom is -0.497 e. The first-order valence-electron chi connectivity index (χ1n) is 7.16. The molecule has 6 heteroatoms. The van der Waals surface area contributed by atoms with E-state index in [1.54, 1.807) is 18.9 Å². The molecule has 0 aliphatic heterocycles. The van der Waals surface area contributed by atoms with E-state index in [4.69, 9.17) is 14.2 Å². The molecule has 0 spiro atoms. The van der Waals surface area contributed by atoms with Gasteiger partial charge in [-0.1, -0.05) is 12.1 Å². The molecule has 0 heterocycles. The lowest BCUT2D eigenvalue weighted by molar-refractivity contribution is -0.144. The summed E-state index contributed by atoms with van der Waals surface area (Å²) in [6.07, 6.45) is 0.166. The van der Waals surface area contributed by atoms with Gasteiger partial charge in [0.25, 0.3) is 0 Å². The third-order valence-electron chi connectivity index (χ3n) is 3.04. The van der Waals surface area contributed by atoms with Crippen molar-refractivity contribution in [2.24, 2.45) is 0 Å². The molecule has 1 rings (SSSR count). The highest BCUT2D eigenvalue weighted by Gasteiger charge is 2.15. The van der Waals surface area contributed by atoms with Crippen molar-refractivity contribution < 1.29 is 23.8 Å². The Morgan fingerprint density at radius 3 is 2.36 bits per heavy atom. The van der Waals surface area contributed by atoms with Gasteiger partial charge in [0, 0.05) is 20.2 Å². The van der Waals surface area contributed by atoms with Crippen LogP contribution in [-0.2, 0) is 25.6 Å². The van der Waals surface area contributed by atoms with Crippen LogP contribution in [0.2, 0.25) is 0 Å². The predicted molar refractivity (Wildman–Crippen MR) is 81.5 cm³/mol. The molecule has 0 fully saturated rings. The Labute approximate surface area is 131 Å². The van der Waals surface area contributed by atoms with Gasteiger partial charge in [0.2, 0.25) is 5.91 Å². The number of ether oxygens (including phenoxy) is 3. The lowest BCUT2D eigenvalue weighted by Gasteiger charge is -2.22. The van der Waals surface area contributed by atoms with Gasteiger partial charge in [-0.25, -0.2) is 0 Å². The second kappa shape index (κ2) is 9.78. The molecule has 0 saturated carbocycles. The fourth-order valence-corrected chi connectivity index (χ4v) is 1.92. The highest BCUT2D eigenvalue weighted by molar-refractivity contribution is 5.78. The van der Waals surface area contributed by atoms with Crippen molar-refractivity contribution in [3.05, 3.63) is 29.8 Å². The average molecular weight is 309 g/mol. The summed E-state index contributed by atoms with van der Waals surface area (Å²) in [5, 5.41) is 0. The molecule has 0 aliphatic rings. The summed E-state index contributed by atoms with van der Waals surface area (Å²) >= 11 is 0. The SMILES string of the molecule is CCOC(=O)CCN(Cc1ccc(OC)cc1)C(=O)COC. The van der Waals surface area contributed by atoms with Gasteiger partial charge in [-0.2, -0.15) is 0 Å². The Bertz CT molecular complexity index is 472. The van der Waals surface area contributed by atoms with Crippen LogP contribution in [0.15, 0.2) is 24.3 Å². The summed E-state index contributed by atoms with van der Waals surface area (Å²) in [6, 6.07) is 7.44. The van der Waals surface area contributed by atoms with E-state index in [0.29, 0.717) is 19.7 Å². The number of benzene rings is 1. The molecule has 22 heavy (non-hydrogen) atoms. The number of amides is 1. The standard InChI is InChI=1S/C16H23NO5/c1-4-22-16(19)9-10-17(15(18)12-20-2)11-13-5-7-14(21-3)8-6-13/h5-8H,4,9-12H2,1-3H3. The summed E-state index contributed by atoms with van der Waals surface area (Å²) < 4.78 is 14.9. The number of hydrogen-bond donors (Lipinski definition) is 0. The molecule has 1 aromatic rings. The van der Waals surface area contributed by atoms with Crippen LogP contribution in [0.1, 0.15) is 18.9 Å². The van der Waals surface area contributed by atoms with Crippen LogP contribution in [0.25, 0.3) is 0 Å². The van der Waals surface area contributed by atoms with E-state index in [1.165, 1.54) is 7.11 Å². The van der Waals surface area contributed by atoms with Crippen molar-refractivity contribution in [3.8, 4) is 5.75 Å². The van der Waals surface area contributed by atoms with Crippen molar-refractivity contribution in [3.63, 3.8) is 0 Å². The van der Waals surface area contributed by atoms with E-state index in [1.807, 2.05) is 24.3 Å². The Morgan fingerprint density at radius 2 is 1.82 bits per heavy atom. The minimum absolute atomic E-state index is 0.0149. The summed E-state index contributed by atoms with van der Waals surface area (Å²) in [5.74, 6) is 0.278. The molecule has 0 radical (unpaired) electrons. The monoisotopic (exact) mass is 309 g/mol. The molecule has 1 aromatic carbocycles. The van der Waals surface area contributed by atoms with E-state index in [2.05, 4.69) is 0 Å². The van der Waals surface area contributed by atoms with Crippen LogP contribution in [0.5, 0.6) is 5.75 Å². The highest BCUT2D eigenvalue weighted by atomic mass is 16.5. The Kier molecular flexibility index (Phi) is 7.99. The number of rotatable bonds is 9. The molecule has 122 valence electrons. The van der Waals surface area contributed by atoms with E-state index in [-0.39, 0.29) is 24.9 Å². The number of esters is 1. The third kappa shape index (κ3) is 6.13. The predicted octanol–water partition coefficient (Wildman–Crippen LogP) is 1.62. The normalized spacial score (nSPS) is 10.1. The average Bonchev–Trinajstić information content (AvgIpc) is 2.52. The number of carbonyl (C=O) groups excluding carboxylic acids is 2. The quantitative estimate of drug-likeness (QED) is 0.649. The van der Waals surface area contributed by atoms with Crippen molar-refractivity contribution in [2.75, 3.05) is 34.0 Å². The molecular weight excluding hydrogens is 286 g/mol. The van der Waals surface area contributed by atoms with Crippen LogP contribution in [0.4, 0.5) is 0 Å². The fraction of sp³-hybridized carbons (Fsp3) is 0.500. The lowest BCUT2D eigenvalue weighted by atomic mass is 10.2. The van der Waals surface area contributed by atoms with E-state index in [9.17, 15) is 9.59 Å². The number of nitrogens with zero attached hydrogens (tertiary/aromatic N) is 1. The maximum Gasteiger partial charge on any atom is 0.307 e. The van der Waals surface area contributed by atoms with Gasteiger partial charge in [0.15, 0.2) is 0 Å². The van der Waals surface area contributed by atoms with Gasteiger partial charge in [0.1, 0.15) is 12.4 Å². The van der Waals surface area contributed by atoms with Crippen LogP contribution < -0.4 is 4.74 Å². The van der Waals surface area contributed by atoms with Crippen molar-refractivity contribution in [1.82, 2.24) is 4.90 Å². The summed E-state index contributed by atoms with van der Waals surface area (Å²) in [6.45, 7) is 2.78. The molecule has 0 aliphatic carbocycles. The van der Waals surface area contributed by atoms with Gasteiger partial charge in [-0.3, -0.25) is 9.59 Å². The zero-order chi connectivity index (χ0) is 16.4. The summed E-state index contributed by atoms with van der Waals surface area (Å²) in [5.41, 5.74) is 0.953. The van der Waals surface area contributed by atoms with Gasteiger partial charge >= 0.3 is 5.97 Å². The molecular formula is C16H23NO5. The highest BCUT2D eigenvalue weighted by Crippen LogP contribution is 2.13. The molecule has 0 bridgehead atoms. The van der Waals surface area contributed by atoms with Crippen molar-refractivity contribution >= 4 is 11.9 Å². The maximum atomic E-state index is 12.1. The van der Waals surface area contributed by atoms with Gasteiger partial charge < -0.3 is 19.1 Å². The number of carbonyl (C=O) groups is 2. The fourth-order valence-electron chi connectivity index (χ4n) is 1.92. The first kappa shape index (κ1) is 18.0. The molecule has 0 aromatic heterocycles. The first-order chi connectivity index (χ1) is 10.6. The summed E-state index contributed by atoms with van der Waals surface area (Å²) in [4.78, 5) is 25.1. The third-order valence-corrected chi connectivity index (χ3v) is 3.04. The molecule has 0 N–H and O–H groups in total. The Morgan fingerprint density at radius 1 is 1.14 bits per heavy atom. The van der Waals surface area contributed by atoms with E-state index >= 15 is 0 Å². The van der Waals surface area contributed by atoms with E-state index < -0.39 is 0 Å². The van der Waals surface area contributed by atoms with Crippen LogP contribution >= 0.6 is 0 Å². The smallest absolute Gasteiger partial charge is 0.307 e. The molecule has 6 nitrogen and oxygen atoms in total. The number of hydrogen-bond acceptors (Lipinski definition) is 5.